The third-order valence-corrected chi connectivity index (χ3v) is 8.72. The minimum absolute atomic E-state index is 0.141. The summed E-state index contributed by atoms with van der Waals surface area (Å²) in [5.74, 6) is 0.846. The van der Waals surface area contributed by atoms with Crippen molar-refractivity contribution in [2.75, 3.05) is 12.9 Å². The van der Waals surface area contributed by atoms with Gasteiger partial charge in [0.2, 0.25) is 8.32 Å². The summed E-state index contributed by atoms with van der Waals surface area (Å²) in [7, 11) is -5.23. The Labute approximate surface area is 129 Å². The molecule has 0 aliphatic heterocycles. The summed E-state index contributed by atoms with van der Waals surface area (Å²) in [4.78, 5) is 0. The molecule has 0 heterocycles. The van der Waals surface area contributed by atoms with Gasteiger partial charge in [-0.2, -0.15) is 8.42 Å². The van der Waals surface area contributed by atoms with E-state index in [4.69, 9.17) is 8.61 Å². The van der Waals surface area contributed by atoms with Crippen LogP contribution in [0, 0.1) is 0 Å². The second-order valence-electron chi connectivity index (χ2n) is 6.79. The highest BCUT2D eigenvalue weighted by Gasteiger charge is 2.38. The van der Waals surface area contributed by atoms with Crippen molar-refractivity contribution >= 4 is 18.4 Å². The molecule has 4 nitrogen and oxygen atoms in total. The zero-order chi connectivity index (χ0) is 16.3. The first-order valence-electron chi connectivity index (χ1n) is 7.03. The second-order valence-corrected chi connectivity index (χ2v) is 13.2. The molecule has 1 aromatic rings. The SMILES string of the molecule is CC(C)(C)[Si](C)(C)Oc1cccc(CCOS(C)(=O)=O)c1. The van der Waals surface area contributed by atoms with E-state index in [0.717, 1.165) is 17.6 Å². The van der Waals surface area contributed by atoms with Gasteiger partial charge in [-0.1, -0.05) is 32.9 Å². The predicted octanol–water partition coefficient (Wildman–Crippen LogP) is 3.59. The molecule has 0 saturated heterocycles. The maximum atomic E-state index is 10.9. The smallest absolute Gasteiger partial charge is 0.264 e. The van der Waals surface area contributed by atoms with Crippen LogP contribution in [-0.4, -0.2) is 29.6 Å². The van der Waals surface area contributed by atoms with Crippen molar-refractivity contribution in [1.29, 1.82) is 0 Å². The number of rotatable bonds is 6. The standard InChI is InChI=1S/C15H26O4SSi/c1-15(2,3)21(5,6)19-14-9-7-8-13(12-14)10-11-18-20(4,16)17/h7-9,12H,10-11H2,1-6H3. The maximum absolute atomic E-state index is 10.9. The minimum atomic E-state index is -3.38. The van der Waals surface area contributed by atoms with Crippen molar-refractivity contribution in [3.05, 3.63) is 29.8 Å². The Balaban J connectivity index is 2.73. The van der Waals surface area contributed by atoms with Crippen LogP contribution in [0.2, 0.25) is 18.1 Å². The average Bonchev–Trinajstić information content (AvgIpc) is 2.25. The van der Waals surface area contributed by atoms with E-state index in [2.05, 4.69) is 33.9 Å². The van der Waals surface area contributed by atoms with Crippen LogP contribution in [0.1, 0.15) is 26.3 Å². The summed E-state index contributed by atoms with van der Waals surface area (Å²) in [5, 5.41) is 0.141. The molecule has 0 saturated carbocycles. The lowest BCUT2D eigenvalue weighted by molar-refractivity contribution is 0.326. The van der Waals surface area contributed by atoms with E-state index < -0.39 is 18.4 Å². The summed E-state index contributed by atoms with van der Waals surface area (Å²) in [6.45, 7) is 11.1. The Morgan fingerprint density at radius 2 is 1.81 bits per heavy atom. The Bertz CT molecular complexity index is 574. The van der Waals surface area contributed by atoms with E-state index in [9.17, 15) is 8.42 Å². The van der Waals surface area contributed by atoms with E-state index in [0.29, 0.717) is 6.42 Å². The van der Waals surface area contributed by atoms with Crippen LogP contribution >= 0.6 is 0 Å². The van der Waals surface area contributed by atoms with Crippen molar-refractivity contribution in [3.63, 3.8) is 0 Å². The largest absolute Gasteiger partial charge is 0.543 e. The average molecular weight is 331 g/mol. The van der Waals surface area contributed by atoms with Gasteiger partial charge in [-0.05, 0) is 42.2 Å². The molecule has 0 spiro atoms. The van der Waals surface area contributed by atoms with Crippen molar-refractivity contribution in [2.45, 2.75) is 45.3 Å². The van der Waals surface area contributed by atoms with E-state index >= 15 is 0 Å². The van der Waals surface area contributed by atoms with Crippen LogP contribution in [0.25, 0.3) is 0 Å². The molecule has 0 amide bonds. The normalized spacial score (nSPS) is 13.2. The minimum Gasteiger partial charge on any atom is -0.543 e. The molecule has 0 unspecified atom stereocenters. The van der Waals surface area contributed by atoms with Crippen LogP contribution in [0.3, 0.4) is 0 Å². The van der Waals surface area contributed by atoms with Gasteiger partial charge in [-0.3, -0.25) is 4.18 Å². The zero-order valence-electron chi connectivity index (χ0n) is 13.8. The van der Waals surface area contributed by atoms with Crippen molar-refractivity contribution < 1.29 is 17.0 Å². The highest BCUT2D eigenvalue weighted by molar-refractivity contribution is 7.85. The summed E-state index contributed by atoms with van der Waals surface area (Å²) in [6.07, 6.45) is 1.60. The number of hydrogen-bond acceptors (Lipinski definition) is 4. The third kappa shape index (κ3) is 6.19. The zero-order valence-corrected chi connectivity index (χ0v) is 15.6. The lowest BCUT2D eigenvalue weighted by Crippen LogP contribution is -2.43. The molecule has 21 heavy (non-hydrogen) atoms. The van der Waals surface area contributed by atoms with Gasteiger partial charge in [0, 0.05) is 0 Å². The molecule has 120 valence electrons. The monoisotopic (exact) mass is 330 g/mol. The molecule has 0 aliphatic carbocycles. The Morgan fingerprint density at radius 1 is 1.19 bits per heavy atom. The van der Waals surface area contributed by atoms with E-state index in [1.54, 1.807) is 0 Å². The fraction of sp³-hybridized carbons (Fsp3) is 0.600. The van der Waals surface area contributed by atoms with Crippen LogP contribution in [0.4, 0.5) is 0 Å². The van der Waals surface area contributed by atoms with Gasteiger partial charge in [-0.15, -0.1) is 0 Å². The lowest BCUT2D eigenvalue weighted by atomic mass is 10.1. The van der Waals surface area contributed by atoms with Crippen LogP contribution in [0.15, 0.2) is 24.3 Å². The maximum Gasteiger partial charge on any atom is 0.264 e. The van der Waals surface area contributed by atoms with Gasteiger partial charge in [0.15, 0.2) is 0 Å². The lowest BCUT2D eigenvalue weighted by Gasteiger charge is -2.36. The summed E-state index contributed by atoms with van der Waals surface area (Å²) >= 11 is 0. The predicted molar refractivity (Wildman–Crippen MR) is 88.8 cm³/mol. The molecule has 1 aromatic carbocycles. The van der Waals surface area contributed by atoms with Crippen molar-refractivity contribution in [3.8, 4) is 5.75 Å². The molecule has 0 N–H and O–H groups in total. The van der Waals surface area contributed by atoms with E-state index in [1.165, 1.54) is 0 Å². The molecular formula is C15H26O4SSi. The summed E-state index contributed by atoms with van der Waals surface area (Å²) in [6, 6.07) is 7.79. The topological polar surface area (TPSA) is 52.6 Å². The Morgan fingerprint density at radius 3 is 2.33 bits per heavy atom. The molecule has 0 bridgehead atoms. The summed E-state index contributed by atoms with van der Waals surface area (Å²) < 4.78 is 32.9. The van der Waals surface area contributed by atoms with Gasteiger partial charge in [-0.25, -0.2) is 0 Å². The second kappa shape index (κ2) is 6.50. The molecule has 0 fully saturated rings. The van der Waals surface area contributed by atoms with Crippen molar-refractivity contribution in [1.82, 2.24) is 0 Å². The molecule has 0 atom stereocenters. The number of hydrogen-bond donors (Lipinski definition) is 0. The Kier molecular flexibility index (Phi) is 5.63. The van der Waals surface area contributed by atoms with E-state index in [1.807, 2.05) is 24.3 Å². The fourth-order valence-electron chi connectivity index (χ4n) is 1.52. The summed E-state index contributed by atoms with van der Waals surface area (Å²) in [5.41, 5.74) is 1.01. The molecule has 0 aliphatic rings. The van der Waals surface area contributed by atoms with E-state index in [-0.39, 0.29) is 11.6 Å². The first-order valence-corrected chi connectivity index (χ1v) is 11.8. The third-order valence-electron chi connectivity index (χ3n) is 3.77. The van der Waals surface area contributed by atoms with Crippen LogP contribution in [0.5, 0.6) is 5.75 Å². The van der Waals surface area contributed by atoms with Gasteiger partial charge in [0.1, 0.15) is 5.75 Å². The molecule has 0 aromatic heterocycles. The van der Waals surface area contributed by atoms with Gasteiger partial charge >= 0.3 is 0 Å². The van der Waals surface area contributed by atoms with Crippen molar-refractivity contribution in [2.24, 2.45) is 0 Å². The van der Waals surface area contributed by atoms with Gasteiger partial charge < -0.3 is 4.43 Å². The first-order chi connectivity index (χ1) is 9.41. The highest BCUT2D eigenvalue weighted by Crippen LogP contribution is 2.37. The van der Waals surface area contributed by atoms with Crippen LogP contribution < -0.4 is 4.43 Å². The quantitative estimate of drug-likeness (QED) is 0.591. The number of benzene rings is 1. The fourth-order valence-corrected chi connectivity index (χ4v) is 2.93. The Hall–Kier alpha value is -0.853. The molecule has 6 heteroatoms. The molecule has 0 radical (unpaired) electrons. The highest BCUT2D eigenvalue weighted by atomic mass is 32.2. The molecule has 1 rings (SSSR count). The first kappa shape index (κ1) is 18.2. The van der Waals surface area contributed by atoms with Gasteiger partial charge in [0.05, 0.1) is 12.9 Å². The molecular weight excluding hydrogens is 304 g/mol. The van der Waals surface area contributed by atoms with Gasteiger partial charge in [0.25, 0.3) is 10.1 Å². The van der Waals surface area contributed by atoms with Crippen LogP contribution in [-0.2, 0) is 20.7 Å².